The molecule has 6 heteroatoms. The third-order valence-electron chi connectivity index (χ3n) is 2.49. The molecule has 0 atom stereocenters. The first-order valence-corrected chi connectivity index (χ1v) is 4.96. The molecule has 3 rings (SSSR count). The van der Waals surface area contributed by atoms with E-state index in [0.29, 0.717) is 28.1 Å². The second-order valence-electron chi connectivity index (χ2n) is 3.57. The van der Waals surface area contributed by atoms with Gasteiger partial charge >= 0.3 is 0 Å². The molecule has 0 spiro atoms. The average Bonchev–Trinajstić information content (AvgIpc) is 2.74. The molecule has 2 heterocycles. The van der Waals surface area contributed by atoms with Gasteiger partial charge in [-0.3, -0.25) is 5.10 Å². The standard InChI is InChI=1S/C11H8FN5/c12-7-3-1-2-6(4-7)9-8-10(13)14-5-15-11(8)17-16-9/h1-5H,(H3,13,14,15,16,17). The van der Waals surface area contributed by atoms with Gasteiger partial charge in [0.15, 0.2) is 5.65 Å². The van der Waals surface area contributed by atoms with Gasteiger partial charge in [-0.2, -0.15) is 5.10 Å². The molecule has 3 N–H and O–H groups in total. The van der Waals surface area contributed by atoms with Crippen LogP contribution in [0.25, 0.3) is 22.3 Å². The third kappa shape index (κ3) is 1.50. The number of hydrogen-bond donors (Lipinski definition) is 2. The van der Waals surface area contributed by atoms with Gasteiger partial charge in [0.25, 0.3) is 0 Å². The summed E-state index contributed by atoms with van der Waals surface area (Å²) in [6, 6.07) is 6.17. The van der Waals surface area contributed by atoms with Crippen LogP contribution in [0.1, 0.15) is 0 Å². The topological polar surface area (TPSA) is 80.5 Å². The Kier molecular flexibility index (Phi) is 2.01. The Morgan fingerprint density at radius 2 is 2.12 bits per heavy atom. The Morgan fingerprint density at radius 3 is 2.94 bits per heavy atom. The molecule has 0 saturated carbocycles. The van der Waals surface area contributed by atoms with Crippen LogP contribution in [0.4, 0.5) is 10.2 Å². The summed E-state index contributed by atoms with van der Waals surface area (Å²) in [7, 11) is 0. The molecular weight excluding hydrogens is 221 g/mol. The lowest BCUT2D eigenvalue weighted by Crippen LogP contribution is -1.92. The quantitative estimate of drug-likeness (QED) is 0.666. The lowest BCUT2D eigenvalue weighted by Gasteiger charge is -2.00. The zero-order valence-corrected chi connectivity index (χ0v) is 8.68. The zero-order valence-electron chi connectivity index (χ0n) is 8.68. The monoisotopic (exact) mass is 229 g/mol. The Bertz CT molecular complexity index is 691. The second kappa shape index (κ2) is 3.51. The number of H-pyrrole nitrogens is 1. The highest BCUT2D eigenvalue weighted by atomic mass is 19.1. The largest absolute Gasteiger partial charge is 0.383 e. The van der Waals surface area contributed by atoms with Crippen LogP contribution in [0.15, 0.2) is 30.6 Å². The number of anilines is 1. The Balaban J connectivity index is 2.31. The van der Waals surface area contributed by atoms with Crippen LogP contribution in [-0.4, -0.2) is 20.2 Å². The lowest BCUT2D eigenvalue weighted by molar-refractivity contribution is 0.628. The van der Waals surface area contributed by atoms with Gasteiger partial charge in [-0.05, 0) is 12.1 Å². The minimum atomic E-state index is -0.319. The summed E-state index contributed by atoms with van der Waals surface area (Å²) < 4.78 is 13.2. The first-order valence-electron chi connectivity index (χ1n) is 4.96. The maximum atomic E-state index is 13.2. The fourth-order valence-corrected chi connectivity index (χ4v) is 1.73. The fourth-order valence-electron chi connectivity index (χ4n) is 1.73. The molecule has 0 radical (unpaired) electrons. The van der Waals surface area contributed by atoms with Crippen molar-refractivity contribution < 1.29 is 4.39 Å². The number of rotatable bonds is 1. The normalized spacial score (nSPS) is 10.9. The van der Waals surface area contributed by atoms with E-state index < -0.39 is 0 Å². The number of fused-ring (bicyclic) bond motifs is 1. The van der Waals surface area contributed by atoms with Crippen molar-refractivity contribution >= 4 is 16.9 Å². The number of nitrogens with zero attached hydrogens (tertiary/aromatic N) is 3. The number of aromatic amines is 1. The van der Waals surface area contributed by atoms with E-state index >= 15 is 0 Å². The van der Waals surface area contributed by atoms with Gasteiger partial charge in [0.2, 0.25) is 0 Å². The Labute approximate surface area is 95.5 Å². The van der Waals surface area contributed by atoms with Gasteiger partial charge in [-0.15, -0.1) is 0 Å². The highest BCUT2D eigenvalue weighted by molar-refractivity contribution is 5.97. The van der Waals surface area contributed by atoms with E-state index in [2.05, 4.69) is 20.2 Å². The Morgan fingerprint density at radius 1 is 1.24 bits per heavy atom. The summed E-state index contributed by atoms with van der Waals surface area (Å²) in [6.07, 6.45) is 1.34. The van der Waals surface area contributed by atoms with Crippen LogP contribution in [0.3, 0.4) is 0 Å². The Hall–Kier alpha value is -2.50. The number of aromatic nitrogens is 4. The highest BCUT2D eigenvalue weighted by Crippen LogP contribution is 2.28. The number of hydrogen-bond acceptors (Lipinski definition) is 4. The zero-order chi connectivity index (χ0) is 11.8. The van der Waals surface area contributed by atoms with Crippen LogP contribution in [0.2, 0.25) is 0 Å². The molecule has 5 nitrogen and oxygen atoms in total. The average molecular weight is 229 g/mol. The molecule has 0 aliphatic carbocycles. The fraction of sp³-hybridized carbons (Fsp3) is 0. The summed E-state index contributed by atoms with van der Waals surface area (Å²) in [5.74, 6) is 0.00341. The molecule has 0 saturated heterocycles. The molecule has 17 heavy (non-hydrogen) atoms. The van der Waals surface area contributed by atoms with E-state index in [1.54, 1.807) is 12.1 Å². The van der Waals surface area contributed by atoms with Crippen LogP contribution < -0.4 is 5.73 Å². The SMILES string of the molecule is Nc1ncnc2n[nH]c(-c3cccc(F)c3)c12. The number of benzene rings is 1. The van der Waals surface area contributed by atoms with Crippen LogP contribution in [-0.2, 0) is 0 Å². The summed E-state index contributed by atoms with van der Waals surface area (Å²) in [4.78, 5) is 7.88. The second-order valence-corrected chi connectivity index (χ2v) is 3.57. The maximum absolute atomic E-state index is 13.2. The smallest absolute Gasteiger partial charge is 0.186 e. The molecule has 0 aliphatic heterocycles. The third-order valence-corrected chi connectivity index (χ3v) is 2.49. The van der Waals surface area contributed by atoms with Gasteiger partial charge < -0.3 is 5.73 Å². The lowest BCUT2D eigenvalue weighted by atomic mass is 10.1. The molecule has 0 amide bonds. The molecule has 84 valence electrons. The minimum Gasteiger partial charge on any atom is -0.383 e. The molecule has 1 aromatic carbocycles. The first-order chi connectivity index (χ1) is 8.25. The maximum Gasteiger partial charge on any atom is 0.186 e. The molecule has 2 aromatic heterocycles. The number of halogens is 1. The summed E-state index contributed by atoms with van der Waals surface area (Å²) in [5, 5.41) is 7.42. The van der Waals surface area contributed by atoms with Crippen molar-refractivity contribution in [3.05, 3.63) is 36.4 Å². The van der Waals surface area contributed by atoms with E-state index in [1.165, 1.54) is 18.5 Å². The van der Waals surface area contributed by atoms with Crippen molar-refractivity contribution in [2.24, 2.45) is 0 Å². The van der Waals surface area contributed by atoms with Crippen molar-refractivity contribution in [1.29, 1.82) is 0 Å². The van der Waals surface area contributed by atoms with Crippen LogP contribution in [0.5, 0.6) is 0 Å². The van der Waals surface area contributed by atoms with Gasteiger partial charge in [0.1, 0.15) is 18.0 Å². The van der Waals surface area contributed by atoms with E-state index in [-0.39, 0.29) is 5.82 Å². The van der Waals surface area contributed by atoms with E-state index in [4.69, 9.17) is 5.73 Å². The first kappa shape index (κ1) is 9.71. The van der Waals surface area contributed by atoms with Crippen molar-refractivity contribution in [3.8, 4) is 11.3 Å². The van der Waals surface area contributed by atoms with Crippen LogP contribution >= 0.6 is 0 Å². The molecule has 0 fully saturated rings. The molecular formula is C11H8FN5. The van der Waals surface area contributed by atoms with Crippen molar-refractivity contribution in [2.45, 2.75) is 0 Å². The predicted molar refractivity (Wildman–Crippen MR) is 61.5 cm³/mol. The van der Waals surface area contributed by atoms with Gasteiger partial charge in [-0.25, -0.2) is 14.4 Å². The van der Waals surface area contributed by atoms with Crippen LogP contribution in [0, 0.1) is 5.82 Å². The van der Waals surface area contributed by atoms with E-state index in [9.17, 15) is 4.39 Å². The molecule has 0 aliphatic rings. The summed E-state index contributed by atoms with van der Waals surface area (Å²) >= 11 is 0. The number of nitrogen functional groups attached to an aromatic ring is 1. The van der Waals surface area contributed by atoms with Crippen molar-refractivity contribution in [2.75, 3.05) is 5.73 Å². The number of nitrogens with one attached hydrogen (secondary N) is 1. The van der Waals surface area contributed by atoms with E-state index in [0.717, 1.165) is 0 Å². The predicted octanol–water partition coefficient (Wildman–Crippen LogP) is 1.74. The highest BCUT2D eigenvalue weighted by Gasteiger charge is 2.12. The van der Waals surface area contributed by atoms with Gasteiger partial charge in [-0.1, -0.05) is 12.1 Å². The summed E-state index contributed by atoms with van der Waals surface area (Å²) in [6.45, 7) is 0. The van der Waals surface area contributed by atoms with Gasteiger partial charge in [0.05, 0.1) is 11.1 Å². The van der Waals surface area contributed by atoms with Crippen molar-refractivity contribution in [1.82, 2.24) is 20.2 Å². The molecule has 0 unspecified atom stereocenters. The van der Waals surface area contributed by atoms with Gasteiger partial charge in [0, 0.05) is 5.56 Å². The van der Waals surface area contributed by atoms with E-state index in [1.807, 2.05) is 0 Å². The van der Waals surface area contributed by atoms with Crippen molar-refractivity contribution in [3.63, 3.8) is 0 Å². The minimum absolute atomic E-state index is 0.319. The molecule has 3 aromatic rings. The molecule has 0 bridgehead atoms. The number of nitrogens with two attached hydrogens (primary N) is 1. The summed E-state index contributed by atoms with van der Waals surface area (Å²) in [5.41, 5.74) is 7.53.